The standard InChI is InChI=1S/C30H33N7O8/c31-21(10-17-13-33-22-4-2-1-3-20(17)22)27(41)35-23(9-16-5-7-19(38)8-6-16)28(42)36-24(11-18-14-32-15-34-18)29(43)37-25(30(44)45)12-26(39)40/h1-8,13-15,21,23-25,33,38H,9-12,31H2,(H,32,34)(H,35,41)(H,36,42)(H,37,43)(H,39,40)(H,44,45). The fourth-order valence-corrected chi connectivity index (χ4v) is 4.73. The number of nitrogens with zero attached hydrogens (tertiary/aromatic N) is 1. The minimum Gasteiger partial charge on any atom is -0.508 e. The van der Waals surface area contributed by atoms with Crippen LogP contribution in [0.25, 0.3) is 10.9 Å². The number of carboxylic acid groups (broad SMARTS) is 2. The molecule has 0 aliphatic rings. The third kappa shape index (κ3) is 8.90. The molecule has 3 amide bonds. The van der Waals surface area contributed by atoms with Crippen molar-refractivity contribution in [1.82, 2.24) is 30.9 Å². The van der Waals surface area contributed by atoms with Crippen LogP contribution in [0.1, 0.15) is 23.2 Å². The molecule has 45 heavy (non-hydrogen) atoms. The second-order valence-corrected chi connectivity index (χ2v) is 10.4. The zero-order valence-electron chi connectivity index (χ0n) is 23.9. The molecule has 4 rings (SSSR count). The van der Waals surface area contributed by atoms with E-state index in [-0.39, 0.29) is 25.0 Å². The first kappa shape index (κ1) is 32.2. The van der Waals surface area contributed by atoms with Crippen LogP contribution in [0.3, 0.4) is 0 Å². The summed E-state index contributed by atoms with van der Waals surface area (Å²) in [5.74, 6) is -5.41. The first-order chi connectivity index (χ1) is 21.5. The Bertz CT molecular complexity index is 1650. The van der Waals surface area contributed by atoms with E-state index in [2.05, 4.69) is 30.9 Å². The summed E-state index contributed by atoms with van der Waals surface area (Å²) >= 11 is 0. The van der Waals surface area contributed by atoms with Gasteiger partial charge in [-0.15, -0.1) is 0 Å². The lowest BCUT2D eigenvalue weighted by atomic mass is 10.0. The summed E-state index contributed by atoms with van der Waals surface area (Å²) in [4.78, 5) is 72.7. The predicted octanol–water partition coefficient (Wildman–Crippen LogP) is -0.0345. The zero-order valence-corrected chi connectivity index (χ0v) is 23.9. The van der Waals surface area contributed by atoms with Crippen LogP contribution >= 0.6 is 0 Å². The van der Waals surface area contributed by atoms with Gasteiger partial charge >= 0.3 is 11.9 Å². The van der Waals surface area contributed by atoms with Crippen molar-refractivity contribution >= 4 is 40.6 Å². The van der Waals surface area contributed by atoms with E-state index in [0.717, 1.165) is 16.5 Å². The number of nitrogens with two attached hydrogens (primary N) is 1. The predicted molar refractivity (Wildman–Crippen MR) is 160 cm³/mol. The third-order valence-corrected chi connectivity index (χ3v) is 7.07. The van der Waals surface area contributed by atoms with Gasteiger partial charge in [-0.25, -0.2) is 9.78 Å². The van der Waals surface area contributed by atoms with Crippen molar-refractivity contribution in [1.29, 1.82) is 0 Å². The van der Waals surface area contributed by atoms with Gasteiger partial charge in [0, 0.05) is 41.8 Å². The van der Waals surface area contributed by atoms with Crippen molar-refractivity contribution in [3.05, 3.63) is 84.1 Å². The number of phenols is 1. The van der Waals surface area contributed by atoms with Gasteiger partial charge in [-0.2, -0.15) is 0 Å². The van der Waals surface area contributed by atoms with Gasteiger partial charge in [0.15, 0.2) is 0 Å². The Morgan fingerprint density at radius 2 is 1.44 bits per heavy atom. The maximum absolute atomic E-state index is 13.7. The number of aromatic amines is 2. The van der Waals surface area contributed by atoms with Crippen molar-refractivity contribution in [2.24, 2.45) is 5.73 Å². The second kappa shape index (κ2) is 14.7. The molecule has 2 aromatic carbocycles. The molecule has 0 bridgehead atoms. The summed E-state index contributed by atoms with van der Waals surface area (Å²) in [6, 6.07) is 8.03. The van der Waals surface area contributed by atoms with E-state index in [1.165, 1.54) is 24.7 Å². The normalized spacial score (nSPS) is 13.7. The number of fused-ring (bicyclic) bond motifs is 1. The number of phenolic OH excluding ortho intramolecular Hbond substituents is 1. The topological polar surface area (TPSA) is 253 Å². The Balaban J connectivity index is 1.54. The summed E-state index contributed by atoms with van der Waals surface area (Å²) in [5, 5.41) is 36.4. The van der Waals surface area contributed by atoms with Crippen molar-refractivity contribution in [2.75, 3.05) is 0 Å². The van der Waals surface area contributed by atoms with Crippen LogP contribution in [-0.2, 0) is 43.2 Å². The van der Waals surface area contributed by atoms with Gasteiger partial charge in [0.05, 0.1) is 18.8 Å². The molecule has 0 fully saturated rings. The lowest BCUT2D eigenvalue weighted by Gasteiger charge is -2.25. The molecule has 15 heteroatoms. The fraction of sp³-hybridized carbons (Fsp3) is 0.267. The highest BCUT2D eigenvalue weighted by Gasteiger charge is 2.32. The number of carbonyl (C=O) groups is 5. The summed E-state index contributed by atoms with van der Waals surface area (Å²) in [7, 11) is 0. The van der Waals surface area contributed by atoms with Gasteiger partial charge in [-0.3, -0.25) is 19.2 Å². The molecule has 10 N–H and O–H groups in total. The van der Waals surface area contributed by atoms with Crippen LogP contribution in [0.2, 0.25) is 0 Å². The molecule has 0 aliphatic heterocycles. The van der Waals surface area contributed by atoms with Crippen molar-refractivity contribution in [3.8, 4) is 5.75 Å². The van der Waals surface area contributed by atoms with E-state index in [4.69, 9.17) is 10.8 Å². The molecule has 2 heterocycles. The molecular weight excluding hydrogens is 586 g/mol. The molecule has 4 unspecified atom stereocenters. The number of H-pyrrole nitrogens is 2. The van der Waals surface area contributed by atoms with Crippen LogP contribution in [0.15, 0.2) is 67.3 Å². The quantitative estimate of drug-likeness (QED) is 0.0858. The number of aromatic hydroxyl groups is 1. The molecule has 0 saturated carbocycles. The van der Waals surface area contributed by atoms with Crippen LogP contribution in [0.4, 0.5) is 0 Å². The zero-order chi connectivity index (χ0) is 32.5. The number of hydrogen-bond acceptors (Lipinski definition) is 8. The largest absolute Gasteiger partial charge is 0.508 e. The van der Waals surface area contributed by atoms with Crippen molar-refractivity contribution in [2.45, 2.75) is 49.9 Å². The Kier molecular flexibility index (Phi) is 10.5. The molecule has 0 radical (unpaired) electrons. The Morgan fingerprint density at radius 3 is 2.09 bits per heavy atom. The SMILES string of the molecule is NC(Cc1c[nH]c2ccccc12)C(=O)NC(Cc1ccc(O)cc1)C(=O)NC(Cc1cnc[nH]1)C(=O)NC(CC(=O)O)C(=O)O. The van der Waals surface area contributed by atoms with Gasteiger partial charge in [-0.05, 0) is 35.7 Å². The Labute approximate surface area is 256 Å². The molecule has 4 aromatic rings. The van der Waals surface area contributed by atoms with Gasteiger partial charge in [0.25, 0.3) is 0 Å². The maximum atomic E-state index is 13.7. The molecule has 15 nitrogen and oxygen atoms in total. The van der Waals surface area contributed by atoms with E-state index in [9.17, 15) is 34.2 Å². The molecule has 0 spiro atoms. The first-order valence-corrected chi connectivity index (χ1v) is 13.9. The summed E-state index contributed by atoms with van der Waals surface area (Å²) in [6.07, 6.45) is 3.57. The highest BCUT2D eigenvalue weighted by atomic mass is 16.4. The van der Waals surface area contributed by atoms with Gasteiger partial charge < -0.3 is 47.0 Å². The van der Waals surface area contributed by atoms with Crippen LogP contribution in [-0.4, -0.2) is 84.1 Å². The lowest BCUT2D eigenvalue weighted by molar-refractivity contribution is -0.147. The van der Waals surface area contributed by atoms with Crippen molar-refractivity contribution < 1.29 is 39.3 Å². The molecule has 0 saturated heterocycles. The molecule has 0 aliphatic carbocycles. The average molecular weight is 620 g/mol. The van der Waals surface area contributed by atoms with Crippen LogP contribution < -0.4 is 21.7 Å². The lowest BCUT2D eigenvalue weighted by Crippen LogP contribution is -2.58. The first-order valence-electron chi connectivity index (χ1n) is 13.9. The molecule has 4 atom stereocenters. The number of imidazole rings is 1. The Morgan fingerprint density at radius 1 is 0.800 bits per heavy atom. The van der Waals surface area contributed by atoms with E-state index in [0.29, 0.717) is 11.3 Å². The van der Waals surface area contributed by atoms with E-state index in [1.54, 1.807) is 18.3 Å². The number of aliphatic carboxylic acids is 2. The number of amides is 3. The third-order valence-electron chi connectivity index (χ3n) is 7.07. The summed E-state index contributed by atoms with van der Waals surface area (Å²) in [5.41, 5.74) is 8.92. The number of para-hydroxylation sites is 1. The number of rotatable bonds is 15. The molecule has 2 aromatic heterocycles. The van der Waals surface area contributed by atoms with E-state index in [1.807, 2.05) is 24.3 Å². The minimum absolute atomic E-state index is 0.00447. The van der Waals surface area contributed by atoms with E-state index >= 15 is 0 Å². The minimum atomic E-state index is -1.76. The summed E-state index contributed by atoms with van der Waals surface area (Å²) < 4.78 is 0. The van der Waals surface area contributed by atoms with Crippen LogP contribution in [0, 0.1) is 0 Å². The van der Waals surface area contributed by atoms with Crippen molar-refractivity contribution in [3.63, 3.8) is 0 Å². The Hall–Kier alpha value is -5.70. The second-order valence-electron chi connectivity index (χ2n) is 10.4. The highest BCUT2D eigenvalue weighted by molar-refractivity contribution is 5.95. The highest BCUT2D eigenvalue weighted by Crippen LogP contribution is 2.19. The number of carboxylic acids is 2. The maximum Gasteiger partial charge on any atom is 0.326 e. The number of aromatic nitrogens is 3. The molecule has 236 valence electrons. The fourth-order valence-electron chi connectivity index (χ4n) is 4.73. The van der Waals surface area contributed by atoms with Gasteiger partial charge in [0.1, 0.15) is 23.9 Å². The van der Waals surface area contributed by atoms with Gasteiger partial charge in [0.2, 0.25) is 17.7 Å². The van der Waals surface area contributed by atoms with Crippen LogP contribution in [0.5, 0.6) is 5.75 Å². The summed E-state index contributed by atoms with van der Waals surface area (Å²) in [6.45, 7) is 0. The monoisotopic (exact) mass is 619 g/mol. The molecular formula is C30H33N7O8. The number of benzene rings is 2. The number of nitrogens with one attached hydrogen (secondary N) is 5. The van der Waals surface area contributed by atoms with Gasteiger partial charge in [-0.1, -0.05) is 30.3 Å². The number of hydrogen-bond donors (Lipinski definition) is 9. The average Bonchev–Trinajstić information content (AvgIpc) is 3.67. The van der Waals surface area contributed by atoms with E-state index < -0.39 is 60.2 Å². The smallest absolute Gasteiger partial charge is 0.326 e. The number of carbonyl (C=O) groups excluding carboxylic acids is 3.